The van der Waals surface area contributed by atoms with E-state index in [0.29, 0.717) is 5.65 Å². The highest BCUT2D eigenvalue weighted by Gasteiger charge is 2.22. The van der Waals surface area contributed by atoms with E-state index >= 15 is 0 Å². The highest BCUT2D eigenvalue weighted by molar-refractivity contribution is 5.95. The van der Waals surface area contributed by atoms with Crippen molar-refractivity contribution in [1.82, 2.24) is 14.3 Å². The Balaban J connectivity index is 2.42. The molecule has 1 N–H and O–H groups in total. The molecule has 0 saturated carbocycles. The van der Waals surface area contributed by atoms with Gasteiger partial charge in [-0.25, -0.2) is 4.98 Å². The predicted octanol–water partition coefficient (Wildman–Crippen LogP) is 0.176. The summed E-state index contributed by atoms with van der Waals surface area (Å²) < 4.78 is 6.13. The number of ether oxygens (including phenoxy) is 1. The largest absolute Gasteiger partial charge is 0.480 e. The highest BCUT2D eigenvalue weighted by Crippen LogP contribution is 2.05. The number of carbonyl (C=O) groups is 2. The first kappa shape index (κ1) is 16.6. The van der Waals surface area contributed by atoms with Crippen LogP contribution in [0.4, 0.5) is 0 Å². The average Bonchev–Trinajstić information content (AvgIpc) is 2.50. The summed E-state index contributed by atoms with van der Waals surface area (Å²) in [7, 11) is 1.44. The zero-order valence-corrected chi connectivity index (χ0v) is 12.9. The van der Waals surface area contributed by atoms with Crippen molar-refractivity contribution in [1.29, 1.82) is 0 Å². The SMILES string of the molecule is COCCN(CC(=O)O)C(=O)c1cnc2cc(C)ccn2c1=O. The fourth-order valence-corrected chi connectivity index (χ4v) is 2.11. The molecule has 122 valence electrons. The number of fused-ring (bicyclic) bond motifs is 1. The Bertz CT molecular complexity index is 799. The van der Waals surface area contributed by atoms with E-state index in [2.05, 4.69) is 4.98 Å². The molecule has 8 nitrogen and oxygen atoms in total. The molecule has 0 fully saturated rings. The van der Waals surface area contributed by atoms with E-state index in [1.54, 1.807) is 12.1 Å². The van der Waals surface area contributed by atoms with E-state index < -0.39 is 24.0 Å². The summed E-state index contributed by atoms with van der Waals surface area (Å²) in [5.41, 5.74) is 0.647. The first-order chi connectivity index (χ1) is 10.9. The van der Waals surface area contributed by atoms with E-state index in [1.807, 2.05) is 6.92 Å². The van der Waals surface area contributed by atoms with Gasteiger partial charge in [0.2, 0.25) is 0 Å². The van der Waals surface area contributed by atoms with Gasteiger partial charge in [0.25, 0.3) is 11.5 Å². The average molecular weight is 319 g/mol. The van der Waals surface area contributed by atoms with Crippen LogP contribution in [0.3, 0.4) is 0 Å². The van der Waals surface area contributed by atoms with Crippen LogP contribution in [0.15, 0.2) is 29.3 Å². The number of pyridine rings is 1. The molecule has 2 rings (SSSR count). The van der Waals surface area contributed by atoms with Crippen LogP contribution in [-0.4, -0.2) is 58.1 Å². The van der Waals surface area contributed by atoms with Crippen LogP contribution < -0.4 is 5.56 Å². The van der Waals surface area contributed by atoms with Gasteiger partial charge in [0, 0.05) is 26.0 Å². The number of carbonyl (C=O) groups excluding carboxylic acids is 1. The molecule has 0 aliphatic rings. The van der Waals surface area contributed by atoms with Gasteiger partial charge in [-0.1, -0.05) is 0 Å². The maximum atomic E-state index is 12.5. The molecule has 0 spiro atoms. The second-order valence-corrected chi connectivity index (χ2v) is 5.02. The lowest BCUT2D eigenvalue weighted by molar-refractivity contribution is -0.137. The Morgan fingerprint density at radius 1 is 1.43 bits per heavy atom. The molecule has 0 radical (unpaired) electrons. The predicted molar refractivity (Wildman–Crippen MR) is 81.6 cm³/mol. The minimum absolute atomic E-state index is 0.0671. The normalized spacial score (nSPS) is 10.7. The molecule has 0 saturated heterocycles. The molecule has 0 bridgehead atoms. The van der Waals surface area contributed by atoms with Crippen LogP contribution in [0.25, 0.3) is 5.65 Å². The molecule has 8 heteroatoms. The van der Waals surface area contributed by atoms with Crippen molar-refractivity contribution in [2.24, 2.45) is 0 Å². The molecule has 2 aromatic rings. The fourth-order valence-electron chi connectivity index (χ4n) is 2.11. The molecule has 0 aliphatic carbocycles. The summed E-state index contributed by atoms with van der Waals surface area (Å²) in [4.78, 5) is 41.0. The molecule has 2 heterocycles. The maximum absolute atomic E-state index is 12.5. The van der Waals surface area contributed by atoms with Crippen molar-refractivity contribution in [3.8, 4) is 0 Å². The Morgan fingerprint density at radius 3 is 2.83 bits per heavy atom. The standard InChI is InChI=1S/C15H17N3O5/c1-10-3-4-18-12(7-10)16-8-11(15(18)22)14(21)17(5-6-23-2)9-13(19)20/h3-4,7-8H,5-6,9H2,1-2H3,(H,19,20). The number of hydrogen-bond acceptors (Lipinski definition) is 5. The van der Waals surface area contributed by atoms with Crippen LogP contribution in [0.2, 0.25) is 0 Å². The Hall–Kier alpha value is -2.74. The first-order valence-electron chi connectivity index (χ1n) is 6.92. The molecule has 1 amide bonds. The van der Waals surface area contributed by atoms with Crippen molar-refractivity contribution in [2.45, 2.75) is 6.92 Å². The van der Waals surface area contributed by atoms with Gasteiger partial charge in [-0.15, -0.1) is 0 Å². The van der Waals surface area contributed by atoms with Gasteiger partial charge in [0.1, 0.15) is 17.8 Å². The van der Waals surface area contributed by atoms with Gasteiger partial charge in [-0.2, -0.15) is 0 Å². The molecule has 0 unspecified atom stereocenters. The smallest absolute Gasteiger partial charge is 0.323 e. The lowest BCUT2D eigenvalue weighted by Gasteiger charge is -2.20. The minimum Gasteiger partial charge on any atom is -0.480 e. The third-order valence-corrected chi connectivity index (χ3v) is 3.27. The Labute approximate surface area is 131 Å². The number of aliphatic carboxylic acids is 1. The minimum atomic E-state index is -1.17. The molecular formula is C15H17N3O5. The zero-order chi connectivity index (χ0) is 17.0. The quantitative estimate of drug-likeness (QED) is 0.815. The van der Waals surface area contributed by atoms with Gasteiger partial charge in [-0.3, -0.25) is 18.8 Å². The molecule has 0 atom stereocenters. The Morgan fingerprint density at radius 2 is 2.17 bits per heavy atom. The fraction of sp³-hybridized carbons (Fsp3) is 0.333. The van der Waals surface area contributed by atoms with E-state index in [9.17, 15) is 14.4 Å². The number of carboxylic acids is 1. The highest BCUT2D eigenvalue weighted by atomic mass is 16.5. The number of aryl methyl sites for hydroxylation is 1. The van der Waals surface area contributed by atoms with Gasteiger partial charge >= 0.3 is 5.97 Å². The second-order valence-electron chi connectivity index (χ2n) is 5.02. The number of nitrogens with zero attached hydrogens (tertiary/aromatic N) is 3. The molecule has 2 aromatic heterocycles. The van der Waals surface area contributed by atoms with Crippen LogP contribution >= 0.6 is 0 Å². The summed E-state index contributed by atoms with van der Waals surface area (Å²) >= 11 is 0. The summed E-state index contributed by atoms with van der Waals surface area (Å²) in [6, 6.07) is 3.44. The van der Waals surface area contributed by atoms with Crippen LogP contribution in [0.5, 0.6) is 0 Å². The van der Waals surface area contributed by atoms with Gasteiger partial charge in [0.05, 0.1) is 6.61 Å². The van der Waals surface area contributed by atoms with E-state index in [0.717, 1.165) is 10.5 Å². The van der Waals surface area contributed by atoms with Gasteiger partial charge < -0.3 is 14.7 Å². The Kier molecular flexibility index (Phi) is 5.07. The zero-order valence-electron chi connectivity index (χ0n) is 12.9. The van der Waals surface area contributed by atoms with E-state index in [4.69, 9.17) is 9.84 Å². The summed E-state index contributed by atoms with van der Waals surface area (Å²) in [5, 5.41) is 8.92. The van der Waals surface area contributed by atoms with Crippen LogP contribution in [0, 0.1) is 6.92 Å². The number of carboxylic acid groups (broad SMARTS) is 1. The topological polar surface area (TPSA) is 101 Å². The lowest BCUT2D eigenvalue weighted by Crippen LogP contribution is -2.40. The van der Waals surface area contributed by atoms with Crippen LogP contribution in [0.1, 0.15) is 15.9 Å². The monoisotopic (exact) mass is 319 g/mol. The third kappa shape index (κ3) is 3.72. The van der Waals surface area contributed by atoms with Crippen molar-refractivity contribution >= 4 is 17.5 Å². The maximum Gasteiger partial charge on any atom is 0.323 e. The summed E-state index contributed by atoms with van der Waals surface area (Å²) in [6.07, 6.45) is 2.72. The van der Waals surface area contributed by atoms with Crippen molar-refractivity contribution in [2.75, 3.05) is 26.8 Å². The van der Waals surface area contributed by atoms with Crippen LogP contribution in [-0.2, 0) is 9.53 Å². The molecule has 0 aliphatic heterocycles. The van der Waals surface area contributed by atoms with Crippen molar-refractivity contribution < 1.29 is 19.4 Å². The number of rotatable bonds is 6. The number of aromatic nitrogens is 2. The lowest BCUT2D eigenvalue weighted by atomic mass is 10.2. The molecule has 0 aromatic carbocycles. The number of hydrogen-bond donors (Lipinski definition) is 1. The third-order valence-electron chi connectivity index (χ3n) is 3.27. The second kappa shape index (κ2) is 7.01. The number of amides is 1. The van der Waals surface area contributed by atoms with Gasteiger partial charge in [-0.05, 0) is 24.6 Å². The number of methoxy groups -OCH3 is 1. The molecular weight excluding hydrogens is 302 g/mol. The van der Waals surface area contributed by atoms with E-state index in [-0.39, 0.29) is 18.7 Å². The van der Waals surface area contributed by atoms with E-state index in [1.165, 1.54) is 23.9 Å². The van der Waals surface area contributed by atoms with Gasteiger partial charge in [0.15, 0.2) is 0 Å². The van der Waals surface area contributed by atoms with Crippen molar-refractivity contribution in [3.63, 3.8) is 0 Å². The first-order valence-corrected chi connectivity index (χ1v) is 6.92. The molecule has 23 heavy (non-hydrogen) atoms. The van der Waals surface area contributed by atoms with Crippen molar-refractivity contribution in [3.05, 3.63) is 46.0 Å². The summed E-state index contributed by atoms with van der Waals surface area (Å²) in [6.45, 7) is 1.58. The summed E-state index contributed by atoms with van der Waals surface area (Å²) in [5.74, 6) is -1.85.